The van der Waals surface area contributed by atoms with Gasteiger partial charge in [-0.15, -0.1) is 6.58 Å². The lowest BCUT2D eigenvalue weighted by molar-refractivity contribution is 0.0513. The monoisotopic (exact) mass is 398 g/mol. The molecule has 0 fully saturated rings. The van der Waals surface area contributed by atoms with Gasteiger partial charge in [0.15, 0.2) is 0 Å². The van der Waals surface area contributed by atoms with Crippen molar-refractivity contribution in [1.82, 2.24) is 4.57 Å². The van der Waals surface area contributed by atoms with E-state index < -0.39 is 5.97 Å². The minimum Gasteiger partial charge on any atom is -0.461 e. The number of ether oxygens (including phenoxy) is 1. The van der Waals surface area contributed by atoms with Crippen molar-refractivity contribution in [1.29, 1.82) is 0 Å². The summed E-state index contributed by atoms with van der Waals surface area (Å²) in [5.41, 5.74) is 3.69. The number of carbonyl (C=O) groups excluding carboxylic acids is 2. The van der Waals surface area contributed by atoms with Crippen LogP contribution in [0, 0.1) is 19.7 Å². The summed E-state index contributed by atoms with van der Waals surface area (Å²) in [5, 5.41) is 0. The van der Waals surface area contributed by atoms with Crippen LogP contribution in [0.4, 0.5) is 10.1 Å². The molecular weight excluding hydrogens is 371 g/mol. The third-order valence-corrected chi connectivity index (χ3v) is 5.55. The quantitative estimate of drug-likeness (QED) is 0.547. The zero-order chi connectivity index (χ0) is 21.3. The minimum absolute atomic E-state index is 0.0342. The molecular formula is C23H27FN2O3. The molecule has 0 bridgehead atoms. The first-order valence-electron chi connectivity index (χ1n) is 9.91. The lowest BCUT2D eigenvalue weighted by Crippen LogP contribution is -2.42. The second-order valence-corrected chi connectivity index (χ2v) is 7.39. The number of fused-ring (bicyclic) bond motifs is 1. The minimum atomic E-state index is -0.455. The molecule has 3 rings (SSSR count). The van der Waals surface area contributed by atoms with Crippen molar-refractivity contribution in [2.75, 3.05) is 11.5 Å². The summed E-state index contributed by atoms with van der Waals surface area (Å²) in [5.74, 6) is -0.948. The van der Waals surface area contributed by atoms with E-state index in [4.69, 9.17) is 4.74 Å². The van der Waals surface area contributed by atoms with E-state index in [-0.39, 0.29) is 24.4 Å². The van der Waals surface area contributed by atoms with Gasteiger partial charge in [0.1, 0.15) is 11.5 Å². The first-order chi connectivity index (χ1) is 13.8. The third-order valence-electron chi connectivity index (χ3n) is 5.55. The molecule has 29 heavy (non-hydrogen) atoms. The summed E-state index contributed by atoms with van der Waals surface area (Å²) in [6.07, 6.45) is 3.16. The SMILES string of the molecule is C=CCn1c(C)c(C(=O)N2c3ccc(F)cc3CCC2C)c(C)c1C(=O)OCC. The molecule has 1 aromatic carbocycles. The fourth-order valence-electron chi connectivity index (χ4n) is 4.18. The van der Waals surface area contributed by atoms with Crippen LogP contribution in [-0.2, 0) is 17.7 Å². The zero-order valence-electron chi connectivity index (χ0n) is 17.4. The number of carbonyl (C=O) groups is 2. The van der Waals surface area contributed by atoms with Crippen LogP contribution in [0.1, 0.15) is 57.9 Å². The van der Waals surface area contributed by atoms with E-state index in [9.17, 15) is 14.0 Å². The Morgan fingerprint density at radius 3 is 2.72 bits per heavy atom. The van der Waals surface area contributed by atoms with Crippen molar-refractivity contribution < 1.29 is 18.7 Å². The van der Waals surface area contributed by atoms with Gasteiger partial charge in [0, 0.05) is 24.0 Å². The van der Waals surface area contributed by atoms with Crippen molar-refractivity contribution in [2.24, 2.45) is 0 Å². The summed E-state index contributed by atoms with van der Waals surface area (Å²) in [6.45, 7) is 11.7. The molecule has 2 aromatic rings. The highest BCUT2D eigenvalue weighted by atomic mass is 19.1. The fourth-order valence-corrected chi connectivity index (χ4v) is 4.18. The van der Waals surface area contributed by atoms with Gasteiger partial charge in [0.2, 0.25) is 0 Å². The van der Waals surface area contributed by atoms with Gasteiger partial charge in [-0.1, -0.05) is 6.08 Å². The van der Waals surface area contributed by atoms with E-state index in [1.165, 1.54) is 12.1 Å². The van der Waals surface area contributed by atoms with Gasteiger partial charge in [-0.2, -0.15) is 0 Å². The van der Waals surface area contributed by atoms with Gasteiger partial charge in [-0.25, -0.2) is 9.18 Å². The first kappa shape index (κ1) is 20.8. The van der Waals surface area contributed by atoms with Crippen LogP contribution in [0.15, 0.2) is 30.9 Å². The number of nitrogens with zero attached hydrogens (tertiary/aromatic N) is 2. The number of anilines is 1. The largest absolute Gasteiger partial charge is 0.461 e. The van der Waals surface area contributed by atoms with E-state index in [0.717, 1.165) is 24.1 Å². The van der Waals surface area contributed by atoms with Crippen LogP contribution < -0.4 is 4.90 Å². The Hall–Kier alpha value is -2.89. The van der Waals surface area contributed by atoms with Gasteiger partial charge < -0.3 is 14.2 Å². The molecule has 1 unspecified atom stereocenters. The summed E-state index contributed by atoms with van der Waals surface area (Å²) in [4.78, 5) is 28.0. The number of allylic oxidation sites excluding steroid dienone is 1. The van der Waals surface area contributed by atoms with E-state index in [2.05, 4.69) is 6.58 Å². The molecule has 5 nitrogen and oxygen atoms in total. The average Bonchev–Trinajstić information content (AvgIpc) is 2.92. The predicted molar refractivity (Wildman–Crippen MR) is 111 cm³/mol. The molecule has 2 heterocycles. The van der Waals surface area contributed by atoms with Gasteiger partial charge in [0.05, 0.1) is 12.2 Å². The van der Waals surface area contributed by atoms with E-state index >= 15 is 0 Å². The predicted octanol–water partition coefficient (Wildman–Crippen LogP) is 4.59. The standard InChI is InChI=1S/C23H27FN2O3/c1-6-12-25-16(5)20(15(4)21(25)23(28)29-7-2)22(27)26-14(3)8-9-17-13-18(24)10-11-19(17)26/h6,10-11,13-14H,1,7-9,12H2,2-5H3. The van der Waals surface area contributed by atoms with Crippen LogP contribution in [0.3, 0.4) is 0 Å². The smallest absolute Gasteiger partial charge is 0.355 e. The van der Waals surface area contributed by atoms with Gasteiger partial charge in [-0.3, -0.25) is 4.79 Å². The van der Waals surface area contributed by atoms with Gasteiger partial charge in [-0.05, 0) is 69.9 Å². The molecule has 1 aromatic heterocycles. The summed E-state index contributed by atoms with van der Waals surface area (Å²) < 4.78 is 20.7. The number of rotatable bonds is 5. The average molecular weight is 398 g/mol. The van der Waals surface area contributed by atoms with Crippen molar-refractivity contribution in [2.45, 2.75) is 53.1 Å². The maximum Gasteiger partial charge on any atom is 0.355 e. The maximum atomic E-state index is 13.7. The third kappa shape index (κ3) is 3.59. The first-order valence-corrected chi connectivity index (χ1v) is 9.91. The highest BCUT2D eigenvalue weighted by molar-refractivity contribution is 6.10. The zero-order valence-corrected chi connectivity index (χ0v) is 17.4. The number of benzene rings is 1. The van der Waals surface area contributed by atoms with Crippen molar-refractivity contribution in [3.05, 3.63) is 64.7 Å². The molecule has 1 aliphatic heterocycles. The number of amides is 1. The Labute approximate surface area is 170 Å². The second-order valence-electron chi connectivity index (χ2n) is 7.39. The molecule has 1 aliphatic rings. The highest BCUT2D eigenvalue weighted by Crippen LogP contribution is 2.34. The summed E-state index contributed by atoms with van der Waals surface area (Å²) in [7, 11) is 0. The Morgan fingerprint density at radius 2 is 2.07 bits per heavy atom. The summed E-state index contributed by atoms with van der Waals surface area (Å²) >= 11 is 0. The van der Waals surface area contributed by atoms with Crippen LogP contribution in [0.25, 0.3) is 0 Å². The molecule has 0 aliphatic carbocycles. The molecule has 0 saturated carbocycles. The maximum absolute atomic E-state index is 13.7. The van der Waals surface area contributed by atoms with E-state index in [1.54, 1.807) is 35.5 Å². The normalized spacial score (nSPS) is 15.8. The number of esters is 1. The van der Waals surface area contributed by atoms with Crippen molar-refractivity contribution in [3.8, 4) is 0 Å². The molecule has 6 heteroatoms. The molecule has 1 atom stereocenters. The number of aromatic nitrogens is 1. The van der Waals surface area contributed by atoms with Crippen LogP contribution in [0.2, 0.25) is 0 Å². The second kappa shape index (κ2) is 8.23. The highest BCUT2D eigenvalue weighted by Gasteiger charge is 2.34. The molecule has 0 radical (unpaired) electrons. The van der Waals surface area contributed by atoms with Crippen LogP contribution in [0.5, 0.6) is 0 Å². The molecule has 0 N–H and O–H groups in total. The number of hydrogen-bond donors (Lipinski definition) is 0. The topological polar surface area (TPSA) is 51.5 Å². The Balaban J connectivity index is 2.14. The number of hydrogen-bond acceptors (Lipinski definition) is 3. The molecule has 1 amide bonds. The molecule has 0 saturated heterocycles. The Morgan fingerprint density at radius 1 is 1.34 bits per heavy atom. The Kier molecular flexibility index (Phi) is 5.91. The summed E-state index contributed by atoms with van der Waals surface area (Å²) in [6, 6.07) is 4.50. The number of aryl methyl sites for hydroxylation is 1. The molecule has 154 valence electrons. The van der Waals surface area contributed by atoms with Crippen LogP contribution in [-0.4, -0.2) is 29.1 Å². The van der Waals surface area contributed by atoms with E-state index in [1.807, 2.05) is 13.8 Å². The molecule has 0 spiro atoms. The number of halogens is 1. The Bertz CT molecular complexity index is 977. The fraction of sp³-hybridized carbons (Fsp3) is 0.391. The van der Waals surface area contributed by atoms with E-state index in [0.29, 0.717) is 29.1 Å². The van der Waals surface area contributed by atoms with Crippen molar-refractivity contribution >= 4 is 17.6 Å². The van der Waals surface area contributed by atoms with Crippen LogP contribution >= 0.6 is 0 Å². The lowest BCUT2D eigenvalue weighted by Gasteiger charge is -2.35. The van der Waals surface area contributed by atoms with Gasteiger partial charge in [0.25, 0.3) is 5.91 Å². The van der Waals surface area contributed by atoms with Crippen molar-refractivity contribution in [3.63, 3.8) is 0 Å². The lowest BCUT2D eigenvalue weighted by atomic mass is 9.95. The van der Waals surface area contributed by atoms with Gasteiger partial charge >= 0.3 is 5.97 Å².